The van der Waals surface area contributed by atoms with Crippen LogP contribution in [0.1, 0.15) is 27.7 Å². The molecule has 0 saturated heterocycles. The number of aliphatic hydroxyl groups is 1. The number of aliphatic hydroxyl groups excluding tert-OH is 1. The van der Waals surface area contributed by atoms with E-state index in [9.17, 15) is 4.79 Å². The van der Waals surface area contributed by atoms with E-state index in [1.165, 1.54) is 6.92 Å². The van der Waals surface area contributed by atoms with Crippen LogP contribution in [0.5, 0.6) is 0 Å². The molecule has 3 nitrogen and oxygen atoms in total. The van der Waals surface area contributed by atoms with E-state index in [-0.39, 0.29) is 17.8 Å². The van der Waals surface area contributed by atoms with Crippen LogP contribution in [0.15, 0.2) is 0 Å². The molecule has 12 heavy (non-hydrogen) atoms. The molecule has 0 aromatic carbocycles. The summed E-state index contributed by atoms with van der Waals surface area (Å²) in [5.41, 5.74) is 0.142. The first-order valence-corrected chi connectivity index (χ1v) is 4.21. The topological polar surface area (TPSA) is 49.3 Å². The van der Waals surface area contributed by atoms with Gasteiger partial charge in [0.2, 0.25) is 0 Å². The summed E-state index contributed by atoms with van der Waals surface area (Å²) >= 11 is 0. The maximum absolute atomic E-state index is 10.9. The van der Waals surface area contributed by atoms with Crippen LogP contribution in [-0.4, -0.2) is 30.1 Å². The van der Waals surface area contributed by atoms with Gasteiger partial charge in [0, 0.05) is 6.54 Å². The van der Waals surface area contributed by atoms with Crippen molar-refractivity contribution in [1.82, 2.24) is 5.32 Å². The van der Waals surface area contributed by atoms with E-state index in [0.717, 1.165) is 6.54 Å². The number of nitrogens with one attached hydrogen (secondary N) is 1. The van der Waals surface area contributed by atoms with E-state index in [2.05, 4.69) is 26.1 Å². The van der Waals surface area contributed by atoms with Crippen molar-refractivity contribution >= 4 is 5.78 Å². The van der Waals surface area contributed by atoms with Gasteiger partial charge in [0.25, 0.3) is 0 Å². The zero-order valence-corrected chi connectivity index (χ0v) is 8.35. The molecule has 1 atom stereocenters. The van der Waals surface area contributed by atoms with Crippen LogP contribution in [0.3, 0.4) is 0 Å². The van der Waals surface area contributed by atoms with Crippen molar-refractivity contribution in [2.75, 3.05) is 13.2 Å². The Morgan fingerprint density at radius 2 is 2.00 bits per heavy atom. The number of hydrogen-bond acceptors (Lipinski definition) is 3. The van der Waals surface area contributed by atoms with Gasteiger partial charge < -0.3 is 10.4 Å². The number of Topliss-reactive ketones (excluding diaryl/α,β-unsaturated/α-hetero) is 1. The third-order valence-corrected chi connectivity index (χ3v) is 1.55. The zero-order chi connectivity index (χ0) is 9.78. The van der Waals surface area contributed by atoms with Gasteiger partial charge in [-0.2, -0.15) is 0 Å². The number of ketones is 1. The second kappa shape index (κ2) is 4.58. The van der Waals surface area contributed by atoms with Gasteiger partial charge in [-0.15, -0.1) is 0 Å². The second-order valence-electron chi connectivity index (χ2n) is 4.29. The monoisotopic (exact) mass is 173 g/mol. The van der Waals surface area contributed by atoms with E-state index in [0.29, 0.717) is 0 Å². The first-order chi connectivity index (χ1) is 5.37. The number of carbonyl (C=O) groups excluding carboxylic acids is 1. The summed E-state index contributed by atoms with van der Waals surface area (Å²) in [5.74, 6) is -0.0123. The molecule has 0 aliphatic carbocycles. The van der Waals surface area contributed by atoms with Crippen molar-refractivity contribution in [3.8, 4) is 0 Å². The van der Waals surface area contributed by atoms with Gasteiger partial charge in [-0.1, -0.05) is 20.8 Å². The number of carbonyl (C=O) groups is 1. The van der Waals surface area contributed by atoms with Crippen molar-refractivity contribution in [3.63, 3.8) is 0 Å². The van der Waals surface area contributed by atoms with Crippen molar-refractivity contribution in [1.29, 1.82) is 0 Å². The fourth-order valence-electron chi connectivity index (χ4n) is 0.766. The minimum absolute atomic E-state index is 0.0123. The summed E-state index contributed by atoms with van der Waals surface area (Å²) < 4.78 is 0. The molecular formula is C9H19NO2. The van der Waals surface area contributed by atoms with Crippen LogP contribution < -0.4 is 5.32 Å². The lowest BCUT2D eigenvalue weighted by Gasteiger charge is -2.22. The molecule has 0 unspecified atom stereocenters. The van der Waals surface area contributed by atoms with Gasteiger partial charge in [0.05, 0.1) is 12.6 Å². The Labute approximate surface area is 74.2 Å². The van der Waals surface area contributed by atoms with Crippen molar-refractivity contribution < 1.29 is 9.90 Å². The molecule has 0 heterocycles. The first kappa shape index (κ1) is 11.6. The standard InChI is InChI=1S/C9H19NO2/c1-7(12)8(5-11)10-6-9(2,3)4/h8,10-11H,5-6H2,1-4H3/t8-/m1/s1. The summed E-state index contributed by atoms with van der Waals surface area (Å²) in [5, 5.41) is 11.8. The van der Waals surface area contributed by atoms with E-state index in [1.807, 2.05) is 0 Å². The Hall–Kier alpha value is -0.410. The molecule has 0 aliphatic rings. The Morgan fingerprint density at radius 3 is 2.25 bits per heavy atom. The smallest absolute Gasteiger partial charge is 0.149 e. The number of hydrogen-bond donors (Lipinski definition) is 2. The Bertz CT molecular complexity index is 149. The van der Waals surface area contributed by atoms with Gasteiger partial charge in [-0.05, 0) is 12.3 Å². The van der Waals surface area contributed by atoms with Crippen molar-refractivity contribution in [2.24, 2.45) is 5.41 Å². The van der Waals surface area contributed by atoms with Crippen LogP contribution in [-0.2, 0) is 4.79 Å². The highest BCUT2D eigenvalue weighted by atomic mass is 16.3. The van der Waals surface area contributed by atoms with Gasteiger partial charge in [0.15, 0.2) is 0 Å². The Morgan fingerprint density at radius 1 is 1.50 bits per heavy atom. The average Bonchev–Trinajstić information content (AvgIpc) is 1.85. The largest absolute Gasteiger partial charge is 0.394 e. The fourth-order valence-corrected chi connectivity index (χ4v) is 0.766. The van der Waals surface area contributed by atoms with Crippen LogP contribution >= 0.6 is 0 Å². The lowest BCUT2D eigenvalue weighted by molar-refractivity contribution is -0.119. The van der Waals surface area contributed by atoms with Crippen molar-refractivity contribution in [3.05, 3.63) is 0 Å². The molecule has 0 radical (unpaired) electrons. The van der Waals surface area contributed by atoms with E-state index >= 15 is 0 Å². The molecule has 3 heteroatoms. The summed E-state index contributed by atoms with van der Waals surface area (Å²) in [7, 11) is 0. The Balaban J connectivity index is 3.81. The van der Waals surface area contributed by atoms with E-state index < -0.39 is 6.04 Å². The molecule has 0 aromatic rings. The highest BCUT2D eigenvalue weighted by Crippen LogP contribution is 2.10. The molecule has 0 fully saturated rings. The molecule has 0 amide bonds. The van der Waals surface area contributed by atoms with Gasteiger partial charge in [-0.3, -0.25) is 4.79 Å². The Kier molecular flexibility index (Phi) is 4.42. The fraction of sp³-hybridized carbons (Fsp3) is 0.889. The van der Waals surface area contributed by atoms with Gasteiger partial charge in [0.1, 0.15) is 5.78 Å². The minimum Gasteiger partial charge on any atom is -0.394 e. The third-order valence-electron chi connectivity index (χ3n) is 1.55. The van der Waals surface area contributed by atoms with Crippen LogP contribution in [0, 0.1) is 5.41 Å². The molecular weight excluding hydrogens is 154 g/mol. The lowest BCUT2D eigenvalue weighted by atomic mass is 9.96. The predicted molar refractivity (Wildman–Crippen MR) is 49.0 cm³/mol. The molecule has 0 aromatic heterocycles. The summed E-state index contributed by atoms with van der Waals surface area (Å²) in [6, 6.07) is -0.399. The average molecular weight is 173 g/mol. The first-order valence-electron chi connectivity index (χ1n) is 4.21. The second-order valence-corrected chi connectivity index (χ2v) is 4.29. The van der Waals surface area contributed by atoms with Crippen LogP contribution in [0.4, 0.5) is 0 Å². The highest BCUT2D eigenvalue weighted by molar-refractivity contribution is 5.81. The quantitative estimate of drug-likeness (QED) is 0.653. The maximum Gasteiger partial charge on any atom is 0.149 e. The maximum atomic E-state index is 10.9. The highest BCUT2D eigenvalue weighted by Gasteiger charge is 2.16. The van der Waals surface area contributed by atoms with E-state index in [4.69, 9.17) is 5.11 Å². The van der Waals surface area contributed by atoms with Gasteiger partial charge >= 0.3 is 0 Å². The molecule has 0 spiro atoms. The minimum atomic E-state index is -0.399. The number of rotatable bonds is 4. The lowest BCUT2D eigenvalue weighted by Crippen LogP contribution is -2.42. The summed E-state index contributed by atoms with van der Waals surface area (Å²) in [6.07, 6.45) is 0. The molecule has 0 rings (SSSR count). The predicted octanol–water partition coefficient (Wildman–Crippen LogP) is 0.572. The third kappa shape index (κ3) is 5.27. The molecule has 2 N–H and O–H groups in total. The molecule has 72 valence electrons. The molecule has 0 bridgehead atoms. The summed E-state index contributed by atoms with van der Waals surface area (Å²) in [6.45, 7) is 8.33. The van der Waals surface area contributed by atoms with Gasteiger partial charge in [-0.25, -0.2) is 0 Å². The summed E-state index contributed by atoms with van der Waals surface area (Å²) in [4.78, 5) is 10.9. The normalized spacial score (nSPS) is 14.4. The SMILES string of the molecule is CC(=O)[C@@H](CO)NCC(C)(C)C. The van der Waals surface area contributed by atoms with Crippen molar-refractivity contribution in [2.45, 2.75) is 33.7 Å². The van der Waals surface area contributed by atoms with E-state index in [1.54, 1.807) is 0 Å². The zero-order valence-electron chi connectivity index (χ0n) is 8.35. The van der Waals surface area contributed by atoms with Crippen LogP contribution in [0.2, 0.25) is 0 Å². The molecule has 0 saturated carbocycles. The molecule has 0 aliphatic heterocycles. The van der Waals surface area contributed by atoms with Crippen LogP contribution in [0.25, 0.3) is 0 Å².